The minimum atomic E-state index is -0.272. The minimum Gasteiger partial charge on any atom is -0.256 e. The first kappa shape index (κ1) is 8.47. The maximum Gasteiger partial charge on any atom is 0.151 e. The average molecular weight is 170 g/mol. The van der Waals surface area contributed by atoms with E-state index in [9.17, 15) is 0 Å². The molecule has 0 atom stereocenters. The predicted octanol–water partition coefficient (Wildman–Crippen LogP) is 2.24. The summed E-state index contributed by atoms with van der Waals surface area (Å²) in [7, 11) is 0. The Bertz CT molecular complexity index is 253. The normalized spacial score (nSPS) is 11.6. The highest BCUT2D eigenvalue weighted by Crippen LogP contribution is 2.24. The van der Waals surface area contributed by atoms with Crippen LogP contribution in [0, 0.1) is 6.92 Å². The van der Waals surface area contributed by atoms with Gasteiger partial charge in [0, 0.05) is 17.8 Å². The molecule has 0 unspecified atom stereocenters. The van der Waals surface area contributed by atoms with Crippen LogP contribution in [0.25, 0.3) is 0 Å². The van der Waals surface area contributed by atoms with Crippen molar-refractivity contribution in [3.8, 4) is 0 Å². The number of rotatable bonds is 1. The first-order valence-corrected chi connectivity index (χ1v) is 3.72. The lowest BCUT2D eigenvalue weighted by Gasteiger charge is -2.17. The smallest absolute Gasteiger partial charge is 0.151 e. The molecule has 11 heavy (non-hydrogen) atoms. The summed E-state index contributed by atoms with van der Waals surface area (Å²) >= 11 is 5.80. The van der Waals surface area contributed by atoms with E-state index in [0.717, 1.165) is 5.69 Å². The van der Waals surface area contributed by atoms with Crippen molar-refractivity contribution in [3.05, 3.63) is 30.2 Å². The summed E-state index contributed by atoms with van der Waals surface area (Å²) in [5.41, 5.74) is 0.465. The molecule has 0 aliphatic heterocycles. The standard InChI is InChI=1S/C8H10ClN2/c1-8(2,3)6-7(9)11-5-4-10-6/h4-5H,1H2,2-3H3. The molecule has 1 heterocycles. The maximum atomic E-state index is 5.80. The molecule has 1 aromatic heterocycles. The maximum absolute atomic E-state index is 5.80. The third kappa shape index (κ3) is 1.90. The van der Waals surface area contributed by atoms with Gasteiger partial charge >= 0.3 is 0 Å². The molecule has 0 aromatic carbocycles. The van der Waals surface area contributed by atoms with Crippen LogP contribution in [0.2, 0.25) is 5.15 Å². The monoisotopic (exact) mass is 169 g/mol. The van der Waals surface area contributed by atoms with E-state index in [1.54, 1.807) is 12.4 Å². The van der Waals surface area contributed by atoms with Crippen LogP contribution in [-0.2, 0) is 5.41 Å². The van der Waals surface area contributed by atoms with Crippen molar-refractivity contribution in [2.75, 3.05) is 0 Å². The molecule has 1 rings (SSSR count). The first-order valence-electron chi connectivity index (χ1n) is 3.34. The van der Waals surface area contributed by atoms with Crippen molar-refractivity contribution in [1.82, 2.24) is 9.97 Å². The number of hydrogen-bond acceptors (Lipinski definition) is 2. The molecule has 0 saturated carbocycles. The third-order valence-corrected chi connectivity index (χ3v) is 1.57. The predicted molar refractivity (Wildman–Crippen MR) is 45.4 cm³/mol. The lowest BCUT2D eigenvalue weighted by Crippen LogP contribution is -2.14. The molecule has 0 fully saturated rings. The van der Waals surface area contributed by atoms with Gasteiger partial charge < -0.3 is 0 Å². The molecule has 3 heteroatoms. The van der Waals surface area contributed by atoms with Gasteiger partial charge in [0.1, 0.15) is 0 Å². The highest BCUT2D eigenvalue weighted by molar-refractivity contribution is 6.30. The fourth-order valence-corrected chi connectivity index (χ4v) is 1.14. The summed E-state index contributed by atoms with van der Waals surface area (Å²) in [4.78, 5) is 8.00. The van der Waals surface area contributed by atoms with E-state index < -0.39 is 0 Å². The molecule has 59 valence electrons. The molecule has 2 nitrogen and oxygen atoms in total. The molecular formula is C8H10ClN2. The van der Waals surface area contributed by atoms with Crippen LogP contribution >= 0.6 is 11.6 Å². The third-order valence-electron chi connectivity index (χ3n) is 1.29. The molecule has 1 radical (unpaired) electrons. The minimum absolute atomic E-state index is 0.272. The van der Waals surface area contributed by atoms with Gasteiger partial charge in [0.2, 0.25) is 0 Å². The van der Waals surface area contributed by atoms with Crippen LogP contribution in [0.3, 0.4) is 0 Å². The fourth-order valence-electron chi connectivity index (χ4n) is 0.775. The number of hydrogen-bond donors (Lipinski definition) is 0. The van der Waals surface area contributed by atoms with Crippen molar-refractivity contribution in [3.63, 3.8) is 0 Å². The van der Waals surface area contributed by atoms with Gasteiger partial charge in [-0.3, -0.25) is 4.98 Å². The Morgan fingerprint density at radius 1 is 1.36 bits per heavy atom. The van der Waals surface area contributed by atoms with E-state index in [1.807, 2.05) is 13.8 Å². The molecule has 0 aliphatic rings. The van der Waals surface area contributed by atoms with Gasteiger partial charge in [0.05, 0.1) is 5.69 Å². The largest absolute Gasteiger partial charge is 0.256 e. The SMILES string of the molecule is [CH2]C(C)(C)c1nccnc1Cl. The van der Waals surface area contributed by atoms with Crippen molar-refractivity contribution in [2.45, 2.75) is 19.3 Å². The van der Waals surface area contributed by atoms with Crippen molar-refractivity contribution in [2.24, 2.45) is 0 Å². The van der Waals surface area contributed by atoms with E-state index in [2.05, 4.69) is 16.9 Å². The molecule has 0 amide bonds. The highest BCUT2D eigenvalue weighted by atomic mass is 35.5. The summed E-state index contributed by atoms with van der Waals surface area (Å²) in [6, 6.07) is 0. The zero-order chi connectivity index (χ0) is 8.48. The van der Waals surface area contributed by atoms with E-state index in [4.69, 9.17) is 11.6 Å². The van der Waals surface area contributed by atoms with Crippen molar-refractivity contribution < 1.29 is 0 Å². The van der Waals surface area contributed by atoms with E-state index in [-0.39, 0.29) is 5.41 Å². The lowest BCUT2D eigenvalue weighted by atomic mass is 9.93. The lowest BCUT2D eigenvalue weighted by molar-refractivity contribution is 0.634. The quantitative estimate of drug-likeness (QED) is 0.645. The summed E-state index contributed by atoms with van der Waals surface area (Å²) < 4.78 is 0. The first-order chi connectivity index (χ1) is 5.02. The Morgan fingerprint density at radius 3 is 2.27 bits per heavy atom. The van der Waals surface area contributed by atoms with E-state index >= 15 is 0 Å². The van der Waals surface area contributed by atoms with Crippen LogP contribution in [0.4, 0.5) is 0 Å². The molecule has 1 aromatic rings. The summed E-state index contributed by atoms with van der Waals surface area (Å²) in [6.45, 7) is 7.81. The molecule has 0 saturated heterocycles. The van der Waals surface area contributed by atoms with Gasteiger partial charge in [-0.05, 0) is 6.92 Å². The van der Waals surface area contributed by atoms with Gasteiger partial charge in [-0.2, -0.15) is 0 Å². The molecular weight excluding hydrogens is 160 g/mol. The van der Waals surface area contributed by atoms with Gasteiger partial charge in [-0.1, -0.05) is 25.4 Å². The van der Waals surface area contributed by atoms with Gasteiger partial charge in [-0.15, -0.1) is 0 Å². The molecule has 0 aliphatic carbocycles. The van der Waals surface area contributed by atoms with E-state index in [1.165, 1.54) is 0 Å². The van der Waals surface area contributed by atoms with Crippen LogP contribution in [0.15, 0.2) is 12.4 Å². The van der Waals surface area contributed by atoms with Gasteiger partial charge in [0.25, 0.3) is 0 Å². The van der Waals surface area contributed by atoms with Gasteiger partial charge in [0.15, 0.2) is 5.15 Å². The van der Waals surface area contributed by atoms with Crippen molar-refractivity contribution in [1.29, 1.82) is 0 Å². The molecule has 0 spiro atoms. The van der Waals surface area contributed by atoms with Crippen molar-refractivity contribution >= 4 is 11.6 Å². The van der Waals surface area contributed by atoms with E-state index in [0.29, 0.717) is 5.15 Å². The fraction of sp³-hybridized carbons (Fsp3) is 0.375. The van der Waals surface area contributed by atoms with Crippen LogP contribution in [-0.4, -0.2) is 9.97 Å². The highest BCUT2D eigenvalue weighted by Gasteiger charge is 2.18. The van der Waals surface area contributed by atoms with Crippen LogP contribution in [0.1, 0.15) is 19.5 Å². The number of aromatic nitrogens is 2. The summed E-state index contributed by atoms with van der Waals surface area (Å²) in [5, 5.41) is 0.438. The number of nitrogens with zero attached hydrogens (tertiary/aromatic N) is 2. The Balaban J connectivity index is 3.14. The number of halogens is 1. The second-order valence-electron chi connectivity index (χ2n) is 3.08. The Kier molecular flexibility index (Phi) is 2.14. The Hall–Kier alpha value is -0.630. The Labute approximate surface area is 71.6 Å². The topological polar surface area (TPSA) is 25.8 Å². The van der Waals surface area contributed by atoms with Crippen LogP contribution in [0.5, 0.6) is 0 Å². The Morgan fingerprint density at radius 2 is 1.91 bits per heavy atom. The van der Waals surface area contributed by atoms with Gasteiger partial charge in [-0.25, -0.2) is 4.98 Å². The molecule has 0 bridgehead atoms. The second-order valence-corrected chi connectivity index (χ2v) is 3.44. The summed E-state index contributed by atoms with van der Waals surface area (Å²) in [6.07, 6.45) is 3.19. The average Bonchev–Trinajstić information content (AvgIpc) is 1.86. The van der Waals surface area contributed by atoms with Crippen LogP contribution < -0.4 is 0 Å². The zero-order valence-electron chi connectivity index (χ0n) is 6.63. The zero-order valence-corrected chi connectivity index (χ0v) is 7.39. The summed E-state index contributed by atoms with van der Waals surface area (Å²) in [5.74, 6) is 0. The molecule has 0 N–H and O–H groups in total. The second kappa shape index (κ2) is 2.78.